The number of nitrogens with one attached hydrogen (secondary N) is 2. The van der Waals surface area contributed by atoms with E-state index >= 15 is 0 Å². The van der Waals surface area contributed by atoms with Gasteiger partial charge < -0.3 is 10.6 Å². The third kappa shape index (κ3) is 6.91. The van der Waals surface area contributed by atoms with E-state index in [1.807, 2.05) is 0 Å². The molecule has 2 heteroatoms. The third-order valence-corrected chi connectivity index (χ3v) is 3.15. The van der Waals surface area contributed by atoms with Crippen LogP contribution in [-0.2, 0) is 0 Å². The molecule has 0 saturated carbocycles. The van der Waals surface area contributed by atoms with Gasteiger partial charge in [0, 0.05) is 12.1 Å². The van der Waals surface area contributed by atoms with Crippen LogP contribution in [0.15, 0.2) is 0 Å². The zero-order chi connectivity index (χ0) is 12.1. The molecule has 92 valence electrons. The van der Waals surface area contributed by atoms with Crippen molar-refractivity contribution < 1.29 is 0 Å². The van der Waals surface area contributed by atoms with Crippen LogP contribution in [0.3, 0.4) is 0 Å². The predicted molar refractivity (Wildman–Crippen MR) is 69.2 cm³/mol. The van der Waals surface area contributed by atoms with Gasteiger partial charge in [0.25, 0.3) is 0 Å². The molecule has 1 atom stereocenters. The minimum atomic E-state index is 0.201. The van der Waals surface area contributed by atoms with Crippen LogP contribution in [0.25, 0.3) is 0 Å². The third-order valence-electron chi connectivity index (χ3n) is 3.15. The second kappa shape index (κ2) is 5.86. The summed E-state index contributed by atoms with van der Waals surface area (Å²) in [5.41, 5.74) is 0.599. The molecule has 0 radical (unpaired) electrons. The van der Waals surface area contributed by atoms with E-state index in [-0.39, 0.29) is 5.54 Å². The lowest BCUT2D eigenvalue weighted by atomic mass is 9.82. The van der Waals surface area contributed by atoms with Crippen LogP contribution in [0, 0.1) is 11.3 Å². The summed E-state index contributed by atoms with van der Waals surface area (Å²) in [5, 5.41) is 7.03. The van der Waals surface area contributed by atoms with E-state index in [1.165, 1.54) is 0 Å². The van der Waals surface area contributed by atoms with Crippen molar-refractivity contribution >= 4 is 0 Å². The van der Waals surface area contributed by atoms with E-state index in [0.717, 1.165) is 19.6 Å². The van der Waals surface area contributed by atoms with Gasteiger partial charge in [-0.2, -0.15) is 0 Å². The van der Waals surface area contributed by atoms with Crippen molar-refractivity contribution in [1.82, 2.24) is 10.6 Å². The highest BCUT2D eigenvalue weighted by molar-refractivity contribution is 4.81. The summed E-state index contributed by atoms with van der Waals surface area (Å²) >= 11 is 0. The van der Waals surface area contributed by atoms with E-state index in [9.17, 15) is 0 Å². The number of hydrogen-bond donors (Lipinski definition) is 2. The quantitative estimate of drug-likeness (QED) is 0.710. The molecule has 0 aliphatic rings. The van der Waals surface area contributed by atoms with Crippen LogP contribution in [0.4, 0.5) is 0 Å². The zero-order valence-electron chi connectivity index (χ0n) is 11.7. The highest BCUT2D eigenvalue weighted by atomic mass is 15.0. The Kier molecular flexibility index (Phi) is 5.82. The first kappa shape index (κ1) is 14.9. The van der Waals surface area contributed by atoms with Crippen LogP contribution in [0.5, 0.6) is 0 Å². The molecular formula is C13H30N2. The van der Waals surface area contributed by atoms with E-state index < -0.39 is 0 Å². The van der Waals surface area contributed by atoms with Crippen molar-refractivity contribution in [2.75, 3.05) is 19.6 Å². The van der Waals surface area contributed by atoms with Crippen LogP contribution in [0.2, 0.25) is 0 Å². The molecule has 0 aliphatic heterocycles. The predicted octanol–water partition coefficient (Wildman–Crippen LogP) is 2.65. The van der Waals surface area contributed by atoms with Crippen molar-refractivity contribution in [3.63, 3.8) is 0 Å². The van der Waals surface area contributed by atoms with Gasteiger partial charge in [-0.1, -0.05) is 34.6 Å². The monoisotopic (exact) mass is 214 g/mol. The molecule has 0 aromatic rings. The summed E-state index contributed by atoms with van der Waals surface area (Å²) in [5.74, 6) is 0.704. The Morgan fingerprint density at radius 3 is 2.00 bits per heavy atom. The van der Waals surface area contributed by atoms with Crippen molar-refractivity contribution in [1.29, 1.82) is 0 Å². The number of hydrogen-bond acceptors (Lipinski definition) is 2. The summed E-state index contributed by atoms with van der Waals surface area (Å²) < 4.78 is 0. The van der Waals surface area contributed by atoms with E-state index in [1.54, 1.807) is 0 Å². The van der Waals surface area contributed by atoms with Crippen LogP contribution in [0.1, 0.15) is 48.5 Å². The van der Waals surface area contributed by atoms with Gasteiger partial charge in [0.1, 0.15) is 0 Å². The highest BCUT2D eigenvalue weighted by Gasteiger charge is 2.21. The van der Waals surface area contributed by atoms with E-state index in [2.05, 4.69) is 59.1 Å². The second-order valence-corrected chi connectivity index (χ2v) is 6.31. The maximum atomic E-state index is 3.55. The standard InChI is InChI=1S/C13H30N2/c1-8-15-13(6,7)10-14-9-11(2)12(3,4)5/h11,14-15H,8-10H2,1-7H3. The Morgan fingerprint density at radius 2 is 1.60 bits per heavy atom. The second-order valence-electron chi connectivity index (χ2n) is 6.31. The largest absolute Gasteiger partial charge is 0.315 e. The van der Waals surface area contributed by atoms with Gasteiger partial charge in [0.05, 0.1) is 0 Å². The van der Waals surface area contributed by atoms with Crippen LogP contribution < -0.4 is 10.6 Å². The van der Waals surface area contributed by atoms with Gasteiger partial charge in [-0.3, -0.25) is 0 Å². The molecule has 2 nitrogen and oxygen atoms in total. The lowest BCUT2D eigenvalue weighted by Crippen LogP contribution is -2.48. The molecule has 0 heterocycles. The molecule has 0 bridgehead atoms. The Labute approximate surface area is 96.2 Å². The van der Waals surface area contributed by atoms with Crippen LogP contribution in [-0.4, -0.2) is 25.2 Å². The number of rotatable bonds is 6. The Balaban J connectivity index is 3.79. The summed E-state index contributed by atoms with van der Waals surface area (Å²) in [6, 6.07) is 0. The zero-order valence-corrected chi connectivity index (χ0v) is 11.7. The van der Waals surface area contributed by atoms with E-state index in [4.69, 9.17) is 0 Å². The van der Waals surface area contributed by atoms with Gasteiger partial charge in [-0.15, -0.1) is 0 Å². The maximum Gasteiger partial charge on any atom is 0.0249 e. The fourth-order valence-electron chi connectivity index (χ4n) is 1.45. The first-order valence-electron chi connectivity index (χ1n) is 6.15. The molecule has 0 rings (SSSR count). The molecule has 0 aromatic carbocycles. The van der Waals surface area contributed by atoms with Crippen molar-refractivity contribution in [3.8, 4) is 0 Å². The topological polar surface area (TPSA) is 24.1 Å². The van der Waals surface area contributed by atoms with E-state index in [0.29, 0.717) is 11.3 Å². The first-order valence-corrected chi connectivity index (χ1v) is 6.15. The Morgan fingerprint density at radius 1 is 1.07 bits per heavy atom. The first-order chi connectivity index (χ1) is 6.69. The molecule has 0 fully saturated rings. The summed E-state index contributed by atoms with van der Waals surface area (Å²) in [7, 11) is 0. The smallest absolute Gasteiger partial charge is 0.0249 e. The maximum absolute atomic E-state index is 3.55. The molecule has 0 spiro atoms. The lowest BCUT2D eigenvalue weighted by Gasteiger charge is -2.31. The molecule has 2 N–H and O–H groups in total. The van der Waals surface area contributed by atoms with Gasteiger partial charge in [0.15, 0.2) is 0 Å². The van der Waals surface area contributed by atoms with Crippen LogP contribution >= 0.6 is 0 Å². The SMILES string of the molecule is CCNC(C)(C)CNCC(C)C(C)(C)C. The number of likely N-dealkylation sites (N-methyl/N-ethyl adjacent to an activating group) is 1. The molecule has 0 saturated heterocycles. The summed E-state index contributed by atoms with van der Waals surface area (Å²) in [6.45, 7) is 19.0. The van der Waals surface area contributed by atoms with Gasteiger partial charge >= 0.3 is 0 Å². The van der Waals surface area contributed by atoms with Gasteiger partial charge in [-0.05, 0) is 38.3 Å². The highest BCUT2D eigenvalue weighted by Crippen LogP contribution is 2.24. The minimum absolute atomic E-state index is 0.201. The molecule has 0 aliphatic carbocycles. The average Bonchev–Trinajstić information content (AvgIpc) is 2.01. The van der Waals surface area contributed by atoms with Crippen molar-refractivity contribution in [2.24, 2.45) is 11.3 Å². The van der Waals surface area contributed by atoms with Gasteiger partial charge in [0.2, 0.25) is 0 Å². The molecule has 15 heavy (non-hydrogen) atoms. The van der Waals surface area contributed by atoms with Gasteiger partial charge in [-0.25, -0.2) is 0 Å². The molecule has 1 unspecified atom stereocenters. The van der Waals surface area contributed by atoms with Crippen molar-refractivity contribution in [2.45, 2.75) is 54.0 Å². The minimum Gasteiger partial charge on any atom is -0.315 e. The molecule has 0 amide bonds. The fourth-order valence-corrected chi connectivity index (χ4v) is 1.45. The Bertz CT molecular complexity index is 168. The summed E-state index contributed by atoms with van der Waals surface area (Å²) in [6.07, 6.45) is 0. The Hall–Kier alpha value is -0.0800. The van der Waals surface area contributed by atoms with Crippen molar-refractivity contribution in [3.05, 3.63) is 0 Å². The summed E-state index contributed by atoms with van der Waals surface area (Å²) in [4.78, 5) is 0. The average molecular weight is 214 g/mol. The fraction of sp³-hybridized carbons (Fsp3) is 1.00. The lowest BCUT2D eigenvalue weighted by molar-refractivity contribution is 0.244. The molecular weight excluding hydrogens is 184 g/mol. The normalized spacial score (nSPS) is 15.4. The molecule has 0 aromatic heterocycles.